The highest BCUT2D eigenvalue weighted by Gasteiger charge is 2.24. The van der Waals surface area contributed by atoms with Crippen molar-refractivity contribution < 1.29 is 9.90 Å². The van der Waals surface area contributed by atoms with Gasteiger partial charge in [-0.1, -0.05) is 30.3 Å². The number of amides is 1. The smallest absolute Gasteiger partial charge is 0.414 e. The summed E-state index contributed by atoms with van der Waals surface area (Å²) in [7, 11) is 0. The fraction of sp³-hybridized carbons (Fsp3) is 0.294. The third-order valence-electron chi connectivity index (χ3n) is 3.80. The van der Waals surface area contributed by atoms with Crippen LogP contribution in [0.3, 0.4) is 0 Å². The Labute approximate surface area is 145 Å². The van der Waals surface area contributed by atoms with Gasteiger partial charge in [0.2, 0.25) is 11.6 Å². The van der Waals surface area contributed by atoms with E-state index in [2.05, 4.69) is 32.6 Å². The van der Waals surface area contributed by atoms with Gasteiger partial charge in [-0.15, -0.1) is 10.2 Å². The van der Waals surface area contributed by atoms with Gasteiger partial charge >= 0.3 is 6.09 Å². The Hall–Kier alpha value is -3.16. The second kappa shape index (κ2) is 7.16. The van der Waals surface area contributed by atoms with Crippen LogP contribution in [0.4, 0.5) is 16.6 Å². The number of hydrogen-bond donors (Lipinski definition) is 2. The van der Waals surface area contributed by atoms with Gasteiger partial charge in [0.1, 0.15) is 0 Å². The SMILES string of the molecule is CC(C)N(C(=O)O)c1nnc2c(NCCc3ccccc3)nccn12. The van der Waals surface area contributed by atoms with E-state index in [1.165, 1.54) is 10.5 Å². The number of hydrogen-bond acceptors (Lipinski definition) is 5. The van der Waals surface area contributed by atoms with Crippen LogP contribution in [0.5, 0.6) is 0 Å². The van der Waals surface area contributed by atoms with Gasteiger partial charge in [-0.3, -0.25) is 4.40 Å². The van der Waals surface area contributed by atoms with Crippen LogP contribution >= 0.6 is 0 Å². The molecule has 25 heavy (non-hydrogen) atoms. The van der Waals surface area contributed by atoms with Crippen molar-refractivity contribution in [1.82, 2.24) is 19.6 Å². The van der Waals surface area contributed by atoms with Crippen LogP contribution in [0.15, 0.2) is 42.7 Å². The molecule has 0 atom stereocenters. The summed E-state index contributed by atoms with van der Waals surface area (Å²) >= 11 is 0. The quantitative estimate of drug-likeness (QED) is 0.716. The summed E-state index contributed by atoms with van der Waals surface area (Å²) < 4.78 is 1.63. The lowest BCUT2D eigenvalue weighted by Crippen LogP contribution is -2.37. The summed E-state index contributed by atoms with van der Waals surface area (Å²) in [6.45, 7) is 4.26. The van der Waals surface area contributed by atoms with E-state index in [0.717, 1.165) is 6.42 Å². The Morgan fingerprint density at radius 3 is 2.72 bits per heavy atom. The van der Waals surface area contributed by atoms with Crippen molar-refractivity contribution in [3.8, 4) is 0 Å². The molecule has 3 aromatic rings. The molecule has 0 bridgehead atoms. The Morgan fingerprint density at radius 1 is 1.28 bits per heavy atom. The lowest BCUT2D eigenvalue weighted by atomic mass is 10.1. The molecule has 8 nitrogen and oxygen atoms in total. The monoisotopic (exact) mass is 340 g/mol. The second-order valence-electron chi connectivity index (χ2n) is 5.88. The summed E-state index contributed by atoms with van der Waals surface area (Å²) in [5.41, 5.74) is 1.72. The molecule has 3 rings (SSSR count). The Balaban J connectivity index is 1.82. The summed E-state index contributed by atoms with van der Waals surface area (Å²) in [5.74, 6) is 0.831. The van der Waals surface area contributed by atoms with Crippen molar-refractivity contribution >= 4 is 23.5 Å². The molecule has 0 saturated heterocycles. The molecule has 2 N–H and O–H groups in total. The molecular formula is C17H20N6O2. The minimum Gasteiger partial charge on any atom is -0.465 e. The van der Waals surface area contributed by atoms with Gasteiger partial charge < -0.3 is 10.4 Å². The number of carbonyl (C=O) groups is 1. The third kappa shape index (κ3) is 3.52. The van der Waals surface area contributed by atoms with E-state index in [-0.39, 0.29) is 12.0 Å². The van der Waals surface area contributed by atoms with Gasteiger partial charge in [0.05, 0.1) is 0 Å². The Morgan fingerprint density at radius 2 is 2.04 bits per heavy atom. The number of fused-ring (bicyclic) bond motifs is 1. The van der Waals surface area contributed by atoms with Gasteiger partial charge in [0.15, 0.2) is 5.82 Å². The van der Waals surface area contributed by atoms with Crippen LogP contribution < -0.4 is 10.2 Å². The number of nitrogens with zero attached hydrogens (tertiary/aromatic N) is 5. The molecule has 2 aromatic heterocycles. The molecular weight excluding hydrogens is 320 g/mol. The predicted octanol–water partition coefficient (Wildman–Crippen LogP) is 2.67. The summed E-state index contributed by atoms with van der Waals surface area (Å²) in [6.07, 6.45) is 3.04. The highest BCUT2D eigenvalue weighted by atomic mass is 16.4. The summed E-state index contributed by atoms with van der Waals surface area (Å²) in [4.78, 5) is 17.0. The molecule has 0 unspecified atom stereocenters. The van der Waals surface area contributed by atoms with Gasteiger partial charge in [0.25, 0.3) is 0 Å². The number of aromatic nitrogens is 4. The van der Waals surface area contributed by atoms with E-state index in [1.54, 1.807) is 30.6 Å². The molecule has 0 fully saturated rings. The van der Waals surface area contributed by atoms with Crippen LogP contribution in [-0.2, 0) is 6.42 Å². The van der Waals surface area contributed by atoms with E-state index < -0.39 is 6.09 Å². The maximum atomic E-state index is 11.5. The topological polar surface area (TPSA) is 95.7 Å². The Bertz CT molecular complexity index is 862. The van der Waals surface area contributed by atoms with E-state index in [4.69, 9.17) is 0 Å². The maximum absolute atomic E-state index is 11.5. The van der Waals surface area contributed by atoms with Gasteiger partial charge in [-0.25, -0.2) is 14.7 Å². The Kier molecular flexibility index (Phi) is 4.78. The van der Waals surface area contributed by atoms with Crippen molar-refractivity contribution in [2.24, 2.45) is 0 Å². The van der Waals surface area contributed by atoms with Crippen LogP contribution in [0.25, 0.3) is 5.65 Å². The predicted molar refractivity (Wildman–Crippen MR) is 95.1 cm³/mol. The lowest BCUT2D eigenvalue weighted by Gasteiger charge is -2.20. The normalized spacial score (nSPS) is 11.0. The number of rotatable bonds is 6. The first-order valence-corrected chi connectivity index (χ1v) is 8.07. The van der Waals surface area contributed by atoms with Crippen molar-refractivity contribution in [3.63, 3.8) is 0 Å². The molecule has 2 heterocycles. The fourth-order valence-corrected chi connectivity index (χ4v) is 2.61. The fourth-order valence-electron chi connectivity index (χ4n) is 2.61. The van der Waals surface area contributed by atoms with E-state index in [1.807, 2.05) is 18.2 Å². The zero-order valence-electron chi connectivity index (χ0n) is 14.1. The molecule has 0 aliphatic carbocycles. The number of anilines is 2. The van der Waals surface area contributed by atoms with Crippen molar-refractivity contribution in [2.45, 2.75) is 26.3 Å². The van der Waals surface area contributed by atoms with Crippen molar-refractivity contribution in [1.29, 1.82) is 0 Å². The zero-order valence-corrected chi connectivity index (χ0v) is 14.1. The molecule has 0 spiro atoms. The van der Waals surface area contributed by atoms with E-state index in [9.17, 15) is 9.90 Å². The van der Waals surface area contributed by atoms with Crippen molar-refractivity contribution in [2.75, 3.05) is 16.8 Å². The molecule has 0 radical (unpaired) electrons. The van der Waals surface area contributed by atoms with Crippen LogP contribution in [0.1, 0.15) is 19.4 Å². The number of nitrogens with one attached hydrogen (secondary N) is 1. The number of carboxylic acid groups (broad SMARTS) is 1. The highest BCUT2D eigenvalue weighted by molar-refractivity contribution is 5.85. The largest absolute Gasteiger partial charge is 0.465 e. The average Bonchev–Trinajstić information content (AvgIpc) is 3.00. The molecule has 1 amide bonds. The second-order valence-corrected chi connectivity index (χ2v) is 5.88. The number of benzene rings is 1. The van der Waals surface area contributed by atoms with Crippen LogP contribution in [0.2, 0.25) is 0 Å². The summed E-state index contributed by atoms with van der Waals surface area (Å²) in [6, 6.07) is 9.88. The average molecular weight is 340 g/mol. The first-order valence-electron chi connectivity index (χ1n) is 8.07. The molecule has 0 aliphatic heterocycles. The molecule has 130 valence electrons. The zero-order chi connectivity index (χ0) is 17.8. The minimum atomic E-state index is -1.07. The summed E-state index contributed by atoms with van der Waals surface area (Å²) in [5, 5.41) is 20.8. The first-order chi connectivity index (χ1) is 12.1. The highest BCUT2D eigenvalue weighted by Crippen LogP contribution is 2.20. The van der Waals surface area contributed by atoms with Gasteiger partial charge in [0, 0.05) is 25.0 Å². The van der Waals surface area contributed by atoms with Crippen LogP contribution in [-0.4, -0.2) is 43.4 Å². The molecule has 0 aliphatic rings. The van der Waals surface area contributed by atoms with Gasteiger partial charge in [-0.05, 0) is 25.8 Å². The standard InChI is InChI=1S/C17H20N6O2/c1-12(2)23(17(24)25)16-21-20-15-14(19-10-11-22(15)16)18-9-8-13-6-4-3-5-7-13/h3-7,10-12H,8-9H2,1-2H3,(H,18,19)(H,24,25). The van der Waals surface area contributed by atoms with Crippen molar-refractivity contribution in [3.05, 3.63) is 48.3 Å². The third-order valence-corrected chi connectivity index (χ3v) is 3.80. The van der Waals surface area contributed by atoms with E-state index >= 15 is 0 Å². The van der Waals surface area contributed by atoms with Gasteiger partial charge in [-0.2, -0.15) is 0 Å². The molecule has 0 saturated carbocycles. The van der Waals surface area contributed by atoms with Crippen LogP contribution in [0, 0.1) is 0 Å². The maximum Gasteiger partial charge on any atom is 0.414 e. The lowest BCUT2D eigenvalue weighted by molar-refractivity contribution is 0.199. The molecule has 1 aromatic carbocycles. The molecule has 8 heteroatoms. The van der Waals surface area contributed by atoms with E-state index in [0.29, 0.717) is 18.0 Å². The first kappa shape index (κ1) is 16.7. The minimum absolute atomic E-state index is 0.256.